The van der Waals surface area contributed by atoms with Crippen LogP contribution in [0.25, 0.3) is 6.08 Å². The van der Waals surface area contributed by atoms with Crippen LogP contribution in [-0.2, 0) is 27.1 Å². The fourth-order valence-corrected chi connectivity index (χ4v) is 4.20. The van der Waals surface area contributed by atoms with Crippen LogP contribution in [0.4, 0.5) is 0 Å². The van der Waals surface area contributed by atoms with E-state index in [9.17, 15) is 13.2 Å². The van der Waals surface area contributed by atoms with Crippen molar-refractivity contribution >= 4 is 22.0 Å². The highest BCUT2D eigenvalue weighted by Crippen LogP contribution is 2.20. The number of hydrogen-bond donors (Lipinski definition) is 2. The maximum absolute atomic E-state index is 12.1. The minimum atomic E-state index is -3.35. The van der Waals surface area contributed by atoms with Gasteiger partial charge in [0.2, 0.25) is 15.9 Å². The molecule has 0 bridgehead atoms. The Morgan fingerprint density at radius 3 is 2.38 bits per heavy atom. The van der Waals surface area contributed by atoms with Gasteiger partial charge in [-0.1, -0.05) is 35.9 Å². The van der Waals surface area contributed by atoms with Crippen LogP contribution in [-0.4, -0.2) is 27.5 Å². The number of carbonyl (C=O) groups is 1. The summed E-state index contributed by atoms with van der Waals surface area (Å²) in [5.74, 6) is 0.414. The number of hydrogen-bond acceptors (Lipinski definition) is 4. The summed E-state index contributed by atoms with van der Waals surface area (Å²) in [6.45, 7) is 5.90. The molecule has 0 radical (unpaired) electrons. The van der Waals surface area contributed by atoms with Crippen molar-refractivity contribution in [2.24, 2.45) is 0 Å². The number of aryl methyl sites for hydroxylation is 1. The molecule has 2 aromatic rings. The molecule has 29 heavy (non-hydrogen) atoms. The lowest BCUT2D eigenvalue weighted by Gasteiger charge is -2.10. The molecule has 0 aliphatic rings. The van der Waals surface area contributed by atoms with Crippen molar-refractivity contribution in [3.63, 3.8) is 0 Å². The molecule has 2 aromatic carbocycles. The predicted octanol–water partition coefficient (Wildman–Crippen LogP) is 3.16. The van der Waals surface area contributed by atoms with E-state index < -0.39 is 10.0 Å². The normalized spacial score (nSPS) is 11.8. The molecule has 0 unspecified atom stereocenters. The van der Waals surface area contributed by atoms with Crippen molar-refractivity contribution in [2.75, 3.05) is 7.11 Å². The maximum Gasteiger partial charge on any atom is 0.244 e. The van der Waals surface area contributed by atoms with Gasteiger partial charge in [-0.3, -0.25) is 4.79 Å². The highest BCUT2D eigenvalue weighted by Gasteiger charge is 2.12. The van der Waals surface area contributed by atoms with Gasteiger partial charge in [0.05, 0.1) is 12.9 Å². The van der Waals surface area contributed by atoms with Crippen LogP contribution < -0.4 is 14.8 Å². The molecular formula is C22H28N2O4S. The topological polar surface area (TPSA) is 84.5 Å². The number of sulfonamides is 1. The van der Waals surface area contributed by atoms with Gasteiger partial charge in [0.1, 0.15) is 5.75 Å². The first-order valence-electron chi connectivity index (χ1n) is 9.37. The molecule has 0 aliphatic carbocycles. The molecule has 0 spiro atoms. The number of methoxy groups -OCH3 is 1. The number of rotatable bonds is 9. The molecule has 0 heterocycles. The Bertz CT molecular complexity index is 965. The molecular weight excluding hydrogens is 388 g/mol. The Morgan fingerprint density at radius 1 is 1.10 bits per heavy atom. The second-order valence-electron chi connectivity index (χ2n) is 7.14. The third-order valence-electron chi connectivity index (χ3n) is 4.06. The van der Waals surface area contributed by atoms with Gasteiger partial charge in [-0.25, -0.2) is 13.1 Å². The average Bonchev–Trinajstić information content (AvgIpc) is 2.64. The Labute approximate surface area is 173 Å². The summed E-state index contributed by atoms with van der Waals surface area (Å²) in [5, 5.41) is 2.82. The van der Waals surface area contributed by atoms with E-state index in [2.05, 4.69) is 10.0 Å². The Hall–Kier alpha value is -2.64. The zero-order valence-corrected chi connectivity index (χ0v) is 18.0. The Morgan fingerprint density at radius 2 is 1.76 bits per heavy atom. The van der Waals surface area contributed by atoms with E-state index in [0.717, 1.165) is 16.7 Å². The predicted molar refractivity (Wildman–Crippen MR) is 116 cm³/mol. The smallest absolute Gasteiger partial charge is 0.244 e. The third-order valence-corrected chi connectivity index (χ3v) is 5.61. The monoisotopic (exact) mass is 416 g/mol. The van der Waals surface area contributed by atoms with Crippen molar-refractivity contribution in [1.82, 2.24) is 10.0 Å². The molecule has 0 aliphatic heterocycles. The third kappa shape index (κ3) is 7.71. The Kier molecular flexibility index (Phi) is 7.99. The summed E-state index contributed by atoms with van der Waals surface area (Å²) < 4.78 is 31.8. The average molecular weight is 417 g/mol. The van der Waals surface area contributed by atoms with E-state index in [-0.39, 0.29) is 17.7 Å². The van der Waals surface area contributed by atoms with Gasteiger partial charge in [-0.2, -0.15) is 0 Å². The second-order valence-corrected chi connectivity index (χ2v) is 8.90. The van der Waals surface area contributed by atoms with Crippen molar-refractivity contribution in [3.05, 3.63) is 70.8 Å². The first-order valence-corrected chi connectivity index (χ1v) is 11.0. The van der Waals surface area contributed by atoms with Gasteiger partial charge in [0.15, 0.2) is 0 Å². The van der Waals surface area contributed by atoms with Gasteiger partial charge in [-0.15, -0.1) is 0 Å². The van der Waals surface area contributed by atoms with E-state index in [1.165, 1.54) is 6.08 Å². The number of carbonyl (C=O) groups excluding carboxylic acids is 1. The van der Waals surface area contributed by atoms with Gasteiger partial charge in [-0.05, 0) is 50.1 Å². The summed E-state index contributed by atoms with van der Waals surface area (Å²) in [6, 6.07) is 12.8. The van der Waals surface area contributed by atoms with Gasteiger partial charge in [0, 0.05) is 24.2 Å². The molecule has 1 amide bonds. The number of ether oxygens (including phenoxy) is 1. The number of amides is 1. The van der Waals surface area contributed by atoms with Gasteiger partial charge >= 0.3 is 0 Å². The summed E-state index contributed by atoms with van der Waals surface area (Å²) in [4.78, 5) is 12.1. The Balaban J connectivity index is 1.91. The maximum atomic E-state index is 12.1. The lowest BCUT2D eigenvalue weighted by atomic mass is 10.1. The molecule has 0 fully saturated rings. The van der Waals surface area contributed by atoms with E-state index in [4.69, 9.17) is 4.74 Å². The van der Waals surface area contributed by atoms with Crippen molar-refractivity contribution in [1.29, 1.82) is 0 Å². The molecule has 0 saturated carbocycles. The SMILES string of the molecule is COc1ccc(C)cc1/C=C/C(=O)NCc1ccc(CS(=O)(=O)NC(C)C)cc1. The van der Waals surface area contributed by atoms with Crippen molar-refractivity contribution < 1.29 is 17.9 Å². The molecule has 0 saturated heterocycles. The van der Waals surface area contributed by atoms with Gasteiger partial charge in [0.25, 0.3) is 0 Å². The number of nitrogens with one attached hydrogen (secondary N) is 2. The fourth-order valence-electron chi connectivity index (χ4n) is 2.77. The number of benzene rings is 2. The lowest BCUT2D eigenvalue weighted by Crippen LogP contribution is -2.31. The molecule has 2 N–H and O–H groups in total. The first-order chi connectivity index (χ1) is 13.7. The van der Waals surface area contributed by atoms with Crippen molar-refractivity contribution in [2.45, 2.75) is 39.1 Å². The zero-order chi connectivity index (χ0) is 21.4. The van der Waals surface area contributed by atoms with Gasteiger partial charge < -0.3 is 10.1 Å². The molecule has 0 atom stereocenters. The minimum Gasteiger partial charge on any atom is -0.496 e. The summed E-state index contributed by atoms with van der Waals surface area (Å²) in [6.07, 6.45) is 3.19. The molecule has 2 rings (SSSR count). The first kappa shape index (κ1) is 22.6. The van der Waals surface area contributed by atoms with Crippen LogP contribution in [0.3, 0.4) is 0 Å². The largest absolute Gasteiger partial charge is 0.496 e. The quantitative estimate of drug-likeness (QED) is 0.615. The van der Waals surface area contributed by atoms with Crippen LogP contribution in [0, 0.1) is 6.92 Å². The summed E-state index contributed by atoms with van der Waals surface area (Å²) >= 11 is 0. The molecule has 0 aromatic heterocycles. The highest BCUT2D eigenvalue weighted by atomic mass is 32.2. The zero-order valence-electron chi connectivity index (χ0n) is 17.2. The summed E-state index contributed by atoms with van der Waals surface area (Å²) in [7, 11) is -1.76. The lowest BCUT2D eigenvalue weighted by molar-refractivity contribution is -0.116. The standard InChI is InChI=1S/C22H28N2O4S/c1-16(2)24-29(26,27)15-19-8-6-18(7-9-19)14-23-22(25)12-10-20-13-17(3)5-11-21(20)28-4/h5-13,16,24H,14-15H2,1-4H3,(H,23,25)/b12-10+. The van der Waals surface area contributed by atoms with Crippen LogP contribution in [0.1, 0.15) is 36.1 Å². The van der Waals surface area contributed by atoms with E-state index in [1.54, 1.807) is 39.2 Å². The van der Waals surface area contributed by atoms with Crippen LogP contribution in [0.5, 0.6) is 5.75 Å². The molecule has 6 nitrogen and oxygen atoms in total. The van der Waals surface area contributed by atoms with Crippen LogP contribution in [0.15, 0.2) is 48.5 Å². The van der Waals surface area contributed by atoms with Crippen molar-refractivity contribution in [3.8, 4) is 5.75 Å². The van der Waals surface area contributed by atoms with E-state index in [0.29, 0.717) is 17.9 Å². The molecule has 7 heteroatoms. The second kappa shape index (κ2) is 10.2. The highest BCUT2D eigenvalue weighted by molar-refractivity contribution is 7.88. The van der Waals surface area contributed by atoms with Crippen LogP contribution in [0.2, 0.25) is 0 Å². The summed E-state index contributed by atoms with van der Waals surface area (Å²) in [5.41, 5.74) is 3.50. The van der Waals surface area contributed by atoms with Crippen LogP contribution >= 0.6 is 0 Å². The minimum absolute atomic E-state index is 0.0706. The fraction of sp³-hybridized carbons (Fsp3) is 0.318. The van der Waals surface area contributed by atoms with E-state index >= 15 is 0 Å². The van der Waals surface area contributed by atoms with E-state index in [1.807, 2.05) is 37.3 Å². The molecule has 156 valence electrons.